The molecule has 0 bridgehead atoms. The van der Waals surface area contributed by atoms with E-state index < -0.39 is 8.07 Å². The van der Waals surface area contributed by atoms with E-state index in [0.717, 1.165) is 94.9 Å². The normalized spacial score (nSPS) is 14.5. The number of H-pyrrole nitrogens is 1. The summed E-state index contributed by atoms with van der Waals surface area (Å²) < 4.78 is 20.2. The van der Waals surface area contributed by atoms with Crippen molar-refractivity contribution in [3.8, 4) is 11.5 Å². The van der Waals surface area contributed by atoms with Crippen molar-refractivity contribution in [2.45, 2.75) is 70.9 Å². The summed E-state index contributed by atoms with van der Waals surface area (Å²) in [5, 5.41) is 26.3. The zero-order chi connectivity index (χ0) is 43.2. The van der Waals surface area contributed by atoms with Crippen molar-refractivity contribution in [3.05, 3.63) is 61.2 Å². The Hall–Kier alpha value is -5.56. The van der Waals surface area contributed by atoms with Crippen molar-refractivity contribution in [3.63, 3.8) is 0 Å². The quantitative estimate of drug-likeness (QED) is 0.0349. The molecule has 0 saturated carbocycles. The van der Waals surface area contributed by atoms with Crippen LogP contribution < -0.4 is 30.7 Å². The van der Waals surface area contributed by atoms with Crippen LogP contribution in [-0.2, 0) is 11.5 Å². The van der Waals surface area contributed by atoms with Crippen LogP contribution in [0.1, 0.15) is 38.5 Å². The molecule has 2 aromatic carbocycles. The molecule has 2 fully saturated rings. The van der Waals surface area contributed by atoms with Crippen molar-refractivity contribution in [2.75, 3.05) is 94.5 Å². The highest BCUT2D eigenvalue weighted by molar-refractivity contribution is 6.76. The van der Waals surface area contributed by atoms with E-state index in [1.54, 1.807) is 18.6 Å². The second kappa shape index (κ2) is 22.0. The highest BCUT2D eigenvalue weighted by atomic mass is 28.3. The number of fused-ring (bicyclic) bond motifs is 2. The van der Waals surface area contributed by atoms with Crippen LogP contribution in [0.25, 0.3) is 21.8 Å². The minimum absolute atomic E-state index is 0.414. The molecule has 6 heterocycles. The molecular weight excluding hydrogens is 801 g/mol. The number of benzene rings is 2. The number of nitrogens with zero attached hydrogens (tertiary/aromatic N) is 9. The number of hydrogen-bond donors (Lipinski definition) is 5. The number of likely N-dealkylation sites (tertiary alicyclic amines) is 2. The third-order valence-corrected chi connectivity index (χ3v) is 12.6. The van der Waals surface area contributed by atoms with Gasteiger partial charge in [0.25, 0.3) is 0 Å². The summed E-state index contributed by atoms with van der Waals surface area (Å²) in [6.45, 7) is 16.6. The molecule has 0 atom stereocenters. The number of aromatic amines is 1. The standard InChI is InChI=1S/C25H39N7O2Si.C19H25N7O/c1-26-24-8-9-27-25(30-24)29-20-16-22-21(18-28-32(22)19-33-14-15-35(2,3)4)23(17-20)34-13-7-12-31-10-5-6-11-31;1-20-18-5-6-21-19(24-18)23-14-11-16-15(13-22-25-16)17(12-14)27-10-4-9-26-7-2-3-8-26/h8-9,16-18H,5-7,10-15,19H2,1-4H3,(H2,26,27,29,30);5-6,11-13H,2-4,7-10H2,1H3,(H,22,25)(H2,20,21,23,24). The van der Waals surface area contributed by atoms with E-state index >= 15 is 0 Å². The van der Waals surface area contributed by atoms with Crippen molar-refractivity contribution in [1.82, 2.24) is 49.7 Å². The molecule has 2 saturated heterocycles. The maximum atomic E-state index is 6.28. The Bertz CT molecular complexity index is 2300. The Morgan fingerprint density at radius 3 is 1.82 bits per heavy atom. The Morgan fingerprint density at radius 2 is 1.26 bits per heavy atom. The van der Waals surface area contributed by atoms with E-state index in [4.69, 9.17) is 14.2 Å². The van der Waals surface area contributed by atoms with Gasteiger partial charge in [-0.3, -0.25) is 5.10 Å². The molecule has 2 aliphatic rings. The fourth-order valence-corrected chi connectivity index (χ4v) is 8.26. The van der Waals surface area contributed by atoms with E-state index in [9.17, 15) is 0 Å². The SMILES string of the molecule is CNc1ccnc(Nc2cc(OCCCN3CCCC3)c3cn[nH]c3c2)n1.CNc1ccnc(Nc2cc(OCCCN3CCCC3)c3cnn(COCC[Si](C)(C)C)c3c2)n1. The van der Waals surface area contributed by atoms with Gasteiger partial charge >= 0.3 is 0 Å². The number of nitrogens with one attached hydrogen (secondary N) is 5. The summed E-state index contributed by atoms with van der Waals surface area (Å²) in [4.78, 5) is 22.5. The van der Waals surface area contributed by atoms with Crippen LogP contribution in [0, 0.1) is 0 Å². The molecule has 0 radical (unpaired) electrons. The van der Waals surface area contributed by atoms with Crippen LogP contribution in [0.2, 0.25) is 25.7 Å². The number of hydrogen-bond acceptors (Lipinski definition) is 15. The van der Waals surface area contributed by atoms with Gasteiger partial charge in [0.05, 0.1) is 47.4 Å². The lowest BCUT2D eigenvalue weighted by molar-refractivity contribution is 0.0817. The van der Waals surface area contributed by atoms with Crippen LogP contribution in [0.5, 0.6) is 11.5 Å². The summed E-state index contributed by atoms with van der Waals surface area (Å²) >= 11 is 0. The van der Waals surface area contributed by atoms with Crippen LogP contribution >= 0.6 is 0 Å². The maximum Gasteiger partial charge on any atom is 0.229 e. The van der Waals surface area contributed by atoms with Crippen LogP contribution in [-0.4, -0.2) is 131 Å². The first-order chi connectivity index (χ1) is 30.2. The summed E-state index contributed by atoms with van der Waals surface area (Å²) in [7, 11) is 2.53. The van der Waals surface area contributed by atoms with Gasteiger partial charge < -0.3 is 45.3 Å². The molecule has 0 aliphatic carbocycles. The van der Waals surface area contributed by atoms with E-state index in [2.05, 4.69) is 92.0 Å². The van der Waals surface area contributed by atoms with Crippen LogP contribution in [0.15, 0.2) is 61.2 Å². The second-order valence-electron chi connectivity index (χ2n) is 17.0. The topological polar surface area (TPSA) is 180 Å². The molecule has 5 N–H and O–H groups in total. The molecule has 2 aliphatic heterocycles. The predicted octanol–water partition coefficient (Wildman–Crippen LogP) is 7.79. The number of rotatable bonds is 21. The minimum Gasteiger partial charge on any atom is -0.493 e. The van der Waals surface area contributed by atoms with E-state index in [1.807, 2.05) is 55.3 Å². The van der Waals surface area contributed by atoms with Gasteiger partial charge in [0, 0.05) is 77.8 Å². The molecule has 332 valence electrons. The van der Waals surface area contributed by atoms with Crippen LogP contribution in [0.3, 0.4) is 0 Å². The lowest BCUT2D eigenvalue weighted by atomic mass is 10.2. The van der Waals surface area contributed by atoms with Gasteiger partial charge in [-0.15, -0.1) is 0 Å². The highest BCUT2D eigenvalue weighted by Gasteiger charge is 2.17. The lowest BCUT2D eigenvalue weighted by Crippen LogP contribution is -2.22. The Kier molecular flexibility index (Phi) is 15.8. The van der Waals surface area contributed by atoms with Gasteiger partial charge in [-0.2, -0.15) is 20.2 Å². The van der Waals surface area contributed by atoms with E-state index in [0.29, 0.717) is 31.8 Å². The smallest absolute Gasteiger partial charge is 0.229 e. The molecule has 0 amide bonds. The van der Waals surface area contributed by atoms with E-state index in [1.165, 1.54) is 51.9 Å². The molecular formula is C44H64N14O3Si. The zero-order valence-electron chi connectivity index (χ0n) is 37.0. The summed E-state index contributed by atoms with van der Waals surface area (Å²) in [6, 6.07) is 12.8. The molecule has 18 heteroatoms. The molecule has 62 heavy (non-hydrogen) atoms. The Balaban J connectivity index is 0.000000192. The molecule has 0 unspecified atom stereocenters. The molecule has 8 rings (SSSR count). The van der Waals surface area contributed by atoms with Crippen molar-refractivity contribution < 1.29 is 14.2 Å². The zero-order valence-corrected chi connectivity index (χ0v) is 38.0. The third kappa shape index (κ3) is 13.0. The number of aromatic nitrogens is 8. The Labute approximate surface area is 365 Å². The third-order valence-electron chi connectivity index (χ3n) is 10.9. The molecule has 17 nitrogen and oxygen atoms in total. The van der Waals surface area contributed by atoms with Gasteiger partial charge in [-0.1, -0.05) is 19.6 Å². The average molecular weight is 865 g/mol. The maximum absolute atomic E-state index is 6.28. The predicted molar refractivity (Wildman–Crippen MR) is 251 cm³/mol. The van der Waals surface area contributed by atoms with Gasteiger partial charge in [-0.05, 0) is 95.0 Å². The fraction of sp³-hybridized carbons (Fsp3) is 0.500. The first-order valence-electron chi connectivity index (χ1n) is 22.0. The molecule has 6 aromatic rings. The summed E-state index contributed by atoms with van der Waals surface area (Å²) in [5.74, 6) is 4.19. The Morgan fingerprint density at radius 1 is 0.694 bits per heavy atom. The first kappa shape index (κ1) is 44.5. The van der Waals surface area contributed by atoms with Crippen molar-refractivity contribution in [2.24, 2.45) is 0 Å². The lowest BCUT2D eigenvalue weighted by Gasteiger charge is -2.16. The summed E-state index contributed by atoms with van der Waals surface area (Å²) in [5.41, 5.74) is 3.58. The molecule has 4 aromatic heterocycles. The van der Waals surface area contributed by atoms with Crippen molar-refractivity contribution >= 4 is 64.8 Å². The van der Waals surface area contributed by atoms with Gasteiger partial charge in [0.1, 0.15) is 29.9 Å². The van der Waals surface area contributed by atoms with Gasteiger partial charge in [-0.25, -0.2) is 14.6 Å². The first-order valence-corrected chi connectivity index (χ1v) is 25.7. The number of anilines is 6. The fourth-order valence-electron chi connectivity index (χ4n) is 7.51. The largest absolute Gasteiger partial charge is 0.493 e. The summed E-state index contributed by atoms with van der Waals surface area (Å²) in [6.07, 6.45) is 14.4. The molecule has 0 spiro atoms. The van der Waals surface area contributed by atoms with Crippen LogP contribution in [0.4, 0.5) is 34.9 Å². The monoisotopic (exact) mass is 865 g/mol. The van der Waals surface area contributed by atoms with Gasteiger partial charge in [0.15, 0.2) is 0 Å². The van der Waals surface area contributed by atoms with Gasteiger partial charge in [0.2, 0.25) is 11.9 Å². The second-order valence-corrected chi connectivity index (χ2v) is 22.6. The van der Waals surface area contributed by atoms with E-state index in [-0.39, 0.29) is 0 Å². The highest BCUT2D eigenvalue weighted by Crippen LogP contribution is 2.32. The number of ether oxygens (including phenoxy) is 3. The van der Waals surface area contributed by atoms with Crippen molar-refractivity contribution in [1.29, 1.82) is 0 Å². The minimum atomic E-state index is -1.14. The average Bonchev–Trinajstić information content (AvgIpc) is 4.12.